The fourth-order valence-corrected chi connectivity index (χ4v) is 2.43. The molecule has 0 aromatic rings. The molecule has 1 aliphatic rings. The van der Waals surface area contributed by atoms with E-state index in [1.54, 1.807) is 0 Å². The molecule has 0 amide bonds. The molecular formula is C8H15FO3S. The third-order valence-electron chi connectivity index (χ3n) is 2.64. The Morgan fingerprint density at radius 2 is 2.46 bits per heavy atom. The largest absolute Gasteiger partial charge is 0.302 e. The van der Waals surface area contributed by atoms with Gasteiger partial charge in [0.1, 0.15) is 6.17 Å². The van der Waals surface area contributed by atoms with Gasteiger partial charge in [0.2, 0.25) is 0 Å². The highest BCUT2D eigenvalue weighted by Gasteiger charge is 2.37. The Balaban J connectivity index is 2.61. The van der Waals surface area contributed by atoms with Crippen LogP contribution in [0.4, 0.5) is 4.39 Å². The second-order valence-electron chi connectivity index (χ2n) is 3.53. The lowest BCUT2D eigenvalue weighted by atomic mass is 9.82. The van der Waals surface area contributed by atoms with Gasteiger partial charge in [0.25, 0.3) is 0 Å². The van der Waals surface area contributed by atoms with Crippen LogP contribution in [0.1, 0.15) is 39.0 Å². The summed E-state index contributed by atoms with van der Waals surface area (Å²) in [6.45, 7) is 1.85. The van der Waals surface area contributed by atoms with E-state index in [4.69, 9.17) is 8.74 Å². The van der Waals surface area contributed by atoms with Crippen molar-refractivity contribution in [2.75, 3.05) is 0 Å². The standard InChI is InChI=1S/C8H15FO3S/c1-2-8(12-13(10)11)5-3-4-7(9)6-8/h7H,2-6H2,1H3,(H,10,11). The summed E-state index contributed by atoms with van der Waals surface area (Å²) in [6.07, 6.45) is 1.89. The number of alkyl halides is 1. The molecule has 0 spiro atoms. The van der Waals surface area contributed by atoms with Crippen molar-refractivity contribution in [1.82, 2.24) is 0 Å². The summed E-state index contributed by atoms with van der Waals surface area (Å²) in [5, 5.41) is 0. The molecule has 0 aliphatic heterocycles. The second-order valence-corrected chi connectivity index (χ2v) is 4.13. The Labute approximate surface area is 80.2 Å². The average molecular weight is 210 g/mol. The number of hydrogen-bond acceptors (Lipinski definition) is 2. The molecule has 13 heavy (non-hydrogen) atoms. The van der Waals surface area contributed by atoms with Crippen molar-refractivity contribution >= 4 is 11.4 Å². The summed E-state index contributed by atoms with van der Waals surface area (Å²) in [6, 6.07) is 0. The van der Waals surface area contributed by atoms with Gasteiger partial charge in [-0.3, -0.25) is 8.74 Å². The molecule has 0 saturated heterocycles. The van der Waals surface area contributed by atoms with Gasteiger partial charge < -0.3 is 0 Å². The lowest BCUT2D eigenvalue weighted by molar-refractivity contribution is 0.000833. The molecule has 3 unspecified atom stereocenters. The van der Waals surface area contributed by atoms with E-state index in [2.05, 4.69) is 0 Å². The van der Waals surface area contributed by atoms with E-state index >= 15 is 0 Å². The average Bonchev–Trinajstić information content (AvgIpc) is 2.03. The quantitative estimate of drug-likeness (QED) is 0.726. The minimum Gasteiger partial charge on any atom is -0.284 e. The summed E-state index contributed by atoms with van der Waals surface area (Å²) < 4.78 is 37.1. The predicted molar refractivity (Wildman–Crippen MR) is 48.2 cm³/mol. The maximum absolute atomic E-state index is 13.1. The summed E-state index contributed by atoms with van der Waals surface area (Å²) >= 11 is -2.28. The van der Waals surface area contributed by atoms with Crippen molar-refractivity contribution in [3.05, 3.63) is 0 Å². The van der Waals surface area contributed by atoms with Crippen LogP contribution in [0, 0.1) is 0 Å². The molecule has 78 valence electrons. The van der Waals surface area contributed by atoms with Crippen LogP contribution in [0.15, 0.2) is 0 Å². The van der Waals surface area contributed by atoms with Gasteiger partial charge in [-0.05, 0) is 25.7 Å². The maximum Gasteiger partial charge on any atom is 0.302 e. The SMILES string of the molecule is CCC1(OS(=O)O)CCCC(F)C1. The molecule has 1 saturated carbocycles. The first-order valence-electron chi connectivity index (χ1n) is 4.52. The van der Waals surface area contributed by atoms with Crippen LogP contribution in [0.3, 0.4) is 0 Å². The van der Waals surface area contributed by atoms with Crippen molar-refractivity contribution in [1.29, 1.82) is 0 Å². The topological polar surface area (TPSA) is 46.5 Å². The molecular weight excluding hydrogens is 195 g/mol. The van der Waals surface area contributed by atoms with Crippen molar-refractivity contribution in [2.24, 2.45) is 0 Å². The Morgan fingerprint density at radius 1 is 1.77 bits per heavy atom. The van der Waals surface area contributed by atoms with E-state index in [0.29, 0.717) is 19.3 Å². The Kier molecular flexibility index (Phi) is 3.82. The molecule has 5 heteroatoms. The first kappa shape index (κ1) is 11.1. The van der Waals surface area contributed by atoms with E-state index in [9.17, 15) is 8.60 Å². The first-order valence-corrected chi connectivity index (χ1v) is 5.55. The fraction of sp³-hybridized carbons (Fsp3) is 1.00. The van der Waals surface area contributed by atoms with Crippen LogP contribution in [-0.2, 0) is 15.5 Å². The van der Waals surface area contributed by atoms with Crippen molar-refractivity contribution in [3.8, 4) is 0 Å². The monoisotopic (exact) mass is 210 g/mol. The molecule has 1 N–H and O–H groups in total. The van der Waals surface area contributed by atoms with Crippen molar-refractivity contribution in [2.45, 2.75) is 50.8 Å². The molecule has 0 aromatic carbocycles. The Morgan fingerprint density at radius 3 is 2.92 bits per heavy atom. The van der Waals surface area contributed by atoms with Crippen LogP contribution >= 0.6 is 0 Å². The Bertz CT molecular complexity index is 200. The number of rotatable bonds is 3. The van der Waals surface area contributed by atoms with Crippen LogP contribution in [-0.4, -0.2) is 20.5 Å². The third-order valence-corrected chi connectivity index (χ3v) is 3.13. The molecule has 3 atom stereocenters. The normalized spacial score (nSPS) is 37.3. The molecule has 0 heterocycles. The second kappa shape index (κ2) is 4.48. The highest BCUT2D eigenvalue weighted by Crippen LogP contribution is 2.36. The summed E-state index contributed by atoms with van der Waals surface area (Å²) in [5.41, 5.74) is -0.711. The van der Waals surface area contributed by atoms with Gasteiger partial charge in [-0.1, -0.05) is 6.92 Å². The van der Waals surface area contributed by atoms with Gasteiger partial charge in [0, 0.05) is 6.42 Å². The van der Waals surface area contributed by atoms with E-state index < -0.39 is 23.1 Å². The van der Waals surface area contributed by atoms with Crippen LogP contribution < -0.4 is 0 Å². The van der Waals surface area contributed by atoms with Gasteiger partial charge in [-0.25, -0.2) is 4.39 Å². The van der Waals surface area contributed by atoms with E-state index in [1.165, 1.54) is 0 Å². The minimum atomic E-state index is -2.28. The molecule has 3 nitrogen and oxygen atoms in total. The third kappa shape index (κ3) is 3.00. The minimum absolute atomic E-state index is 0.246. The van der Waals surface area contributed by atoms with Gasteiger partial charge in [0.05, 0.1) is 5.60 Å². The molecule has 1 fully saturated rings. The highest BCUT2D eigenvalue weighted by molar-refractivity contribution is 7.74. The smallest absolute Gasteiger partial charge is 0.284 e. The van der Waals surface area contributed by atoms with E-state index in [-0.39, 0.29) is 6.42 Å². The zero-order chi connectivity index (χ0) is 9.90. The number of hydrogen-bond donors (Lipinski definition) is 1. The molecule has 1 aliphatic carbocycles. The van der Waals surface area contributed by atoms with Crippen LogP contribution in [0.5, 0.6) is 0 Å². The molecule has 0 radical (unpaired) electrons. The molecule has 1 rings (SSSR count). The van der Waals surface area contributed by atoms with Gasteiger partial charge >= 0.3 is 11.4 Å². The van der Waals surface area contributed by atoms with Gasteiger partial charge in [-0.2, -0.15) is 4.21 Å². The van der Waals surface area contributed by atoms with Crippen LogP contribution in [0.2, 0.25) is 0 Å². The van der Waals surface area contributed by atoms with E-state index in [1.807, 2.05) is 6.92 Å². The zero-order valence-corrected chi connectivity index (χ0v) is 8.48. The van der Waals surface area contributed by atoms with Crippen molar-refractivity contribution in [3.63, 3.8) is 0 Å². The van der Waals surface area contributed by atoms with Gasteiger partial charge in [-0.15, -0.1) is 0 Å². The van der Waals surface area contributed by atoms with E-state index in [0.717, 1.165) is 6.42 Å². The lowest BCUT2D eigenvalue weighted by Crippen LogP contribution is -2.38. The summed E-state index contributed by atoms with van der Waals surface area (Å²) in [7, 11) is 0. The summed E-state index contributed by atoms with van der Waals surface area (Å²) in [4.78, 5) is 0. The summed E-state index contributed by atoms with van der Waals surface area (Å²) in [5.74, 6) is 0. The Hall–Kier alpha value is -0.0000000000000000278. The first-order chi connectivity index (χ1) is 6.08. The maximum atomic E-state index is 13.1. The molecule has 0 aromatic heterocycles. The molecule has 0 bridgehead atoms. The van der Waals surface area contributed by atoms with Crippen LogP contribution in [0.25, 0.3) is 0 Å². The predicted octanol–water partition coefficient (Wildman–Crippen LogP) is 2.20. The van der Waals surface area contributed by atoms with Gasteiger partial charge in [0.15, 0.2) is 0 Å². The van der Waals surface area contributed by atoms with Crippen molar-refractivity contribution < 1.29 is 17.3 Å². The zero-order valence-electron chi connectivity index (χ0n) is 7.66. The fourth-order valence-electron chi connectivity index (χ4n) is 1.86. The number of halogens is 1. The lowest BCUT2D eigenvalue weighted by Gasteiger charge is -2.35. The highest BCUT2D eigenvalue weighted by atomic mass is 32.2.